The van der Waals surface area contributed by atoms with Crippen molar-refractivity contribution >= 4 is 41.3 Å². The van der Waals surface area contributed by atoms with Crippen LogP contribution in [-0.2, 0) is 0 Å². The zero-order valence-corrected chi connectivity index (χ0v) is 14.2. The third kappa shape index (κ3) is 6.00. The summed E-state index contributed by atoms with van der Waals surface area (Å²) < 4.78 is 0. The summed E-state index contributed by atoms with van der Waals surface area (Å²) in [6, 6.07) is 11.8. The quantitative estimate of drug-likeness (QED) is 0.413. The van der Waals surface area contributed by atoms with Gasteiger partial charge in [0.15, 0.2) is 0 Å². The van der Waals surface area contributed by atoms with Crippen LogP contribution in [0.3, 0.4) is 0 Å². The molecule has 0 aliphatic heterocycles. The normalized spacial score (nSPS) is 11.4. The van der Waals surface area contributed by atoms with E-state index in [0.29, 0.717) is 11.8 Å². The minimum Gasteiger partial charge on any atom is -0.369 e. The summed E-state index contributed by atoms with van der Waals surface area (Å²) in [6.45, 7) is 1.55. The molecule has 0 unspecified atom stereocenters. The fraction of sp³-hybridized carbons (Fsp3) is 0.235. The number of nitrogens with zero attached hydrogens (tertiary/aromatic N) is 4. The summed E-state index contributed by atoms with van der Waals surface area (Å²) in [6.07, 6.45) is 6.85. The van der Waals surface area contributed by atoms with Crippen molar-refractivity contribution in [1.29, 1.82) is 0 Å². The second-order valence-electron chi connectivity index (χ2n) is 4.73. The Hall–Kier alpha value is -1.91. The largest absolute Gasteiger partial charge is 0.369 e. The van der Waals surface area contributed by atoms with Crippen molar-refractivity contribution in [3.63, 3.8) is 0 Å². The van der Waals surface area contributed by atoms with Crippen molar-refractivity contribution in [1.82, 2.24) is 4.98 Å². The first-order valence-electron chi connectivity index (χ1n) is 7.27. The standard InChI is InChI=1S/C17H18Cl2N4/c18-7-11-23(12-8-19)17-3-1-15(2-4-17)13-21-22-14-16-5-9-20-10-6-16/h1-6,9-10,13-14H,7-8,11-12H2/b21-13+,22-14+. The minimum absolute atomic E-state index is 0.573. The lowest BCUT2D eigenvalue weighted by molar-refractivity contribution is 0.874. The molecule has 0 amide bonds. The molecule has 6 heteroatoms. The summed E-state index contributed by atoms with van der Waals surface area (Å²) >= 11 is 11.6. The van der Waals surface area contributed by atoms with Gasteiger partial charge in [0.2, 0.25) is 0 Å². The maximum atomic E-state index is 5.82. The average Bonchev–Trinajstić information content (AvgIpc) is 2.60. The number of rotatable bonds is 8. The Morgan fingerprint density at radius 2 is 1.35 bits per heavy atom. The van der Waals surface area contributed by atoms with Crippen LogP contribution >= 0.6 is 23.2 Å². The van der Waals surface area contributed by atoms with Crippen molar-refractivity contribution in [3.8, 4) is 0 Å². The van der Waals surface area contributed by atoms with E-state index >= 15 is 0 Å². The first-order chi connectivity index (χ1) is 11.3. The van der Waals surface area contributed by atoms with Gasteiger partial charge in [0, 0.05) is 42.9 Å². The van der Waals surface area contributed by atoms with Gasteiger partial charge < -0.3 is 4.90 Å². The van der Waals surface area contributed by atoms with Crippen LogP contribution in [0.25, 0.3) is 0 Å². The van der Waals surface area contributed by atoms with Gasteiger partial charge in [-0.2, -0.15) is 10.2 Å². The van der Waals surface area contributed by atoms with E-state index in [-0.39, 0.29) is 0 Å². The highest BCUT2D eigenvalue weighted by atomic mass is 35.5. The summed E-state index contributed by atoms with van der Waals surface area (Å²) in [5, 5.41) is 8.08. The van der Waals surface area contributed by atoms with E-state index in [9.17, 15) is 0 Å². The van der Waals surface area contributed by atoms with Gasteiger partial charge in [-0.3, -0.25) is 4.98 Å². The number of aromatic nitrogens is 1. The lowest BCUT2D eigenvalue weighted by Gasteiger charge is -2.22. The Morgan fingerprint density at radius 1 is 0.826 bits per heavy atom. The first-order valence-corrected chi connectivity index (χ1v) is 8.34. The number of halogens is 2. The molecule has 0 radical (unpaired) electrons. The summed E-state index contributed by atoms with van der Waals surface area (Å²) in [4.78, 5) is 6.10. The predicted octanol–water partition coefficient (Wildman–Crippen LogP) is 3.82. The lowest BCUT2D eigenvalue weighted by Crippen LogP contribution is -2.27. The number of alkyl halides is 2. The first kappa shape index (κ1) is 17.4. The van der Waals surface area contributed by atoms with E-state index in [2.05, 4.69) is 20.1 Å². The molecule has 1 aromatic heterocycles. The zero-order chi connectivity index (χ0) is 16.3. The molecule has 0 aliphatic carbocycles. The SMILES string of the molecule is ClCCN(CCCl)c1ccc(/C=N/N=C/c2ccncc2)cc1. The third-order valence-corrected chi connectivity index (χ3v) is 3.49. The Balaban J connectivity index is 1.96. The van der Waals surface area contributed by atoms with E-state index in [1.165, 1.54) is 0 Å². The maximum Gasteiger partial charge on any atom is 0.0569 e. The Kier molecular flexibility index (Phi) is 7.57. The smallest absolute Gasteiger partial charge is 0.0569 e. The average molecular weight is 349 g/mol. The van der Waals surface area contributed by atoms with Crippen LogP contribution in [0.5, 0.6) is 0 Å². The van der Waals surface area contributed by atoms with Crippen molar-refractivity contribution in [2.24, 2.45) is 10.2 Å². The molecule has 0 aliphatic rings. The number of hydrogen-bond acceptors (Lipinski definition) is 4. The van der Waals surface area contributed by atoms with Gasteiger partial charge >= 0.3 is 0 Å². The molecule has 0 saturated carbocycles. The fourth-order valence-corrected chi connectivity index (χ4v) is 2.40. The highest BCUT2D eigenvalue weighted by Gasteiger charge is 2.04. The third-order valence-electron chi connectivity index (χ3n) is 3.15. The molecular formula is C17H18Cl2N4. The number of hydrogen-bond donors (Lipinski definition) is 0. The van der Waals surface area contributed by atoms with Crippen LogP contribution in [-0.4, -0.2) is 42.3 Å². The van der Waals surface area contributed by atoms with Crippen molar-refractivity contribution < 1.29 is 0 Å². The van der Waals surface area contributed by atoms with Gasteiger partial charge in [-0.1, -0.05) is 12.1 Å². The molecule has 2 aromatic rings. The van der Waals surface area contributed by atoms with Crippen LogP contribution < -0.4 is 4.90 Å². The molecule has 23 heavy (non-hydrogen) atoms. The van der Waals surface area contributed by atoms with Gasteiger partial charge in [-0.05, 0) is 35.4 Å². The van der Waals surface area contributed by atoms with Gasteiger partial charge in [0.25, 0.3) is 0 Å². The minimum atomic E-state index is 0.573. The fourth-order valence-electron chi connectivity index (χ4n) is 1.99. The number of pyridine rings is 1. The zero-order valence-electron chi connectivity index (χ0n) is 12.6. The summed E-state index contributed by atoms with van der Waals surface area (Å²) in [7, 11) is 0. The van der Waals surface area contributed by atoms with Crippen molar-refractivity contribution in [2.75, 3.05) is 29.7 Å². The molecule has 4 nitrogen and oxygen atoms in total. The van der Waals surface area contributed by atoms with E-state index in [1.807, 2.05) is 36.4 Å². The van der Waals surface area contributed by atoms with Crippen LogP contribution in [0, 0.1) is 0 Å². The molecular weight excluding hydrogens is 331 g/mol. The molecule has 0 fully saturated rings. The van der Waals surface area contributed by atoms with Crippen LogP contribution in [0.4, 0.5) is 5.69 Å². The summed E-state index contributed by atoms with van der Waals surface area (Å²) in [5.41, 5.74) is 3.05. The molecule has 0 spiro atoms. The molecule has 2 rings (SSSR count). The van der Waals surface area contributed by atoms with E-state index in [0.717, 1.165) is 29.9 Å². The van der Waals surface area contributed by atoms with Crippen LogP contribution in [0.2, 0.25) is 0 Å². The maximum absolute atomic E-state index is 5.82. The lowest BCUT2D eigenvalue weighted by atomic mass is 10.2. The highest BCUT2D eigenvalue weighted by molar-refractivity contribution is 6.18. The molecule has 1 heterocycles. The predicted molar refractivity (Wildman–Crippen MR) is 99.5 cm³/mol. The van der Waals surface area contributed by atoms with Crippen molar-refractivity contribution in [3.05, 3.63) is 59.9 Å². The van der Waals surface area contributed by atoms with E-state index in [4.69, 9.17) is 23.2 Å². The second kappa shape index (κ2) is 9.98. The van der Waals surface area contributed by atoms with E-state index in [1.54, 1.807) is 24.8 Å². The second-order valence-corrected chi connectivity index (χ2v) is 5.48. The van der Waals surface area contributed by atoms with Crippen molar-refractivity contribution in [2.45, 2.75) is 0 Å². The van der Waals surface area contributed by atoms with Gasteiger partial charge in [-0.15, -0.1) is 23.2 Å². The highest BCUT2D eigenvalue weighted by Crippen LogP contribution is 2.15. The molecule has 0 atom stereocenters. The monoisotopic (exact) mass is 348 g/mol. The molecule has 0 bridgehead atoms. The van der Waals surface area contributed by atoms with Gasteiger partial charge in [0.05, 0.1) is 12.4 Å². The molecule has 0 N–H and O–H groups in total. The number of benzene rings is 1. The topological polar surface area (TPSA) is 40.9 Å². The Morgan fingerprint density at radius 3 is 1.87 bits per heavy atom. The Labute approximate surface area is 146 Å². The number of anilines is 1. The molecule has 120 valence electrons. The van der Waals surface area contributed by atoms with E-state index < -0.39 is 0 Å². The van der Waals surface area contributed by atoms with Crippen LogP contribution in [0.1, 0.15) is 11.1 Å². The van der Waals surface area contributed by atoms with Gasteiger partial charge in [0.1, 0.15) is 0 Å². The van der Waals surface area contributed by atoms with Gasteiger partial charge in [-0.25, -0.2) is 0 Å². The summed E-state index contributed by atoms with van der Waals surface area (Å²) in [5.74, 6) is 1.15. The van der Waals surface area contributed by atoms with Crippen LogP contribution in [0.15, 0.2) is 59.0 Å². The molecule has 1 aromatic carbocycles. The Bertz CT molecular complexity index is 621. The molecule has 0 saturated heterocycles.